The van der Waals surface area contributed by atoms with Crippen LogP contribution < -0.4 is 0 Å². The number of hydrogen-bond acceptors (Lipinski definition) is 2. The first-order valence-corrected chi connectivity index (χ1v) is 6.92. The number of fused-ring (bicyclic) bond motifs is 2. The number of ketones is 1. The fourth-order valence-corrected chi connectivity index (χ4v) is 3.56. The van der Waals surface area contributed by atoms with Gasteiger partial charge in [-0.05, 0) is 50.7 Å². The second kappa shape index (κ2) is 3.92. The molecule has 1 aromatic carbocycles. The van der Waals surface area contributed by atoms with Gasteiger partial charge in [0.15, 0.2) is 5.78 Å². The minimum atomic E-state index is 0.139. The monoisotopic (exact) mass is 293 g/mol. The molecule has 0 amide bonds. The first-order valence-electron chi connectivity index (χ1n) is 6.13. The number of Topliss-reactive ketones (excluding diaryl/α,β-unsaturated/α-hetero) is 1. The van der Waals surface area contributed by atoms with Crippen LogP contribution in [0, 0.1) is 0 Å². The smallest absolute Gasteiger partial charge is 0.164 e. The summed E-state index contributed by atoms with van der Waals surface area (Å²) in [6.45, 7) is 2.20. The Morgan fingerprint density at radius 1 is 1.29 bits per heavy atom. The second-order valence-corrected chi connectivity index (χ2v) is 6.29. The summed E-state index contributed by atoms with van der Waals surface area (Å²) in [5.74, 6) is 0.325. The molecule has 1 spiro atoms. The molecule has 0 saturated carbocycles. The highest BCUT2D eigenvalue weighted by Crippen LogP contribution is 2.46. The van der Waals surface area contributed by atoms with E-state index >= 15 is 0 Å². The lowest BCUT2D eigenvalue weighted by Crippen LogP contribution is -2.39. The molecule has 0 aromatic heterocycles. The highest BCUT2D eigenvalue weighted by Gasteiger charge is 2.44. The highest BCUT2D eigenvalue weighted by molar-refractivity contribution is 9.10. The number of carbonyl (C=O) groups is 1. The lowest BCUT2D eigenvalue weighted by molar-refractivity contribution is 0.0945. The van der Waals surface area contributed by atoms with Crippen molar-refractivity contribution in [1.82, 2.24) is 4.90 Å². The van der Waals surface area contributed by atoms with E-state index in [0.29, 0.717) is 12.2 Å². The Kier molecular flexibility index (Phi) is 2.64. The van der Waals surface area contributed by atoms with Crippen LogP contribution in [-0.2, 0) is 5.41 Å². The van der Waals surface area contributed by atoms with Crippen LogP contribution in [0.15, 0.2) is 22.7 Å². The first-order chi connectivity index (χ1) is 8.11. The van der Waals surface area contributed by atoms with Crippen molar-refractivity contribution in [1.29, 1.82) is 0 Å². The fraction of sp³-hybridized carbons (Fsp3) is 0.500. The summed E-state index contributed by atoms with van der Waals surface area (Å²) in [7, 11) is 2.16. The van der Waals surface area contributed by atoms with Gasteiger partial charge < -0.3 is 4.90 Å². The van der Waals surface area contributed by atoms with Crippen LogP contribution in [0.4, 0.5) is 0 Å². The van der Waals surface area contributed by atoms with E-state index in [1.54, 1.807) is 0 Å². The van der Waals surface area contributed by atoms with Crippen molar-refractivity contribution < 1.29 is 4.79 Å². The number of rotatable bonds is 0. The Morgan fingerprint density at radius 3 is 2.71 bits per heavy atom. The van der Waals surface area contributed by atoms with E-state index in [1.807, 2.05) is 6.07 Å². The number of benzene rings is 1. The predicted octanol–water partition coefficient (Wildman–Crippen LogP) is 3.00. The third-order valence-electron chi connectivity index (χ3n) is 4.30. The maximum atomic E-state index is 12.1. The van der Waals surface area contributed by atoms with Gasteiger partial charge in [-0.15, -0.1) is 0 Å². The van der Waals surface area contributed by atoms with Crippen LogP contribution in [0.25, 0.3) is 0 Å². The molecule has 1 aliphatic carbocycles. The van der Waals surface area contributed by atoms with Crippen LogP contribution in [0.5, 0.6) is 0 Å². The zero-order valence-corrected chi connectivity index (χ0v) is 11.6. The molecule has 0 atom stereocenters. The van der Waals surface area contributed by atoms with E-state index in [9.17, 15) is 4.79 Å². The van der Waals surface area contributed by atoms with Crippen molar-refractivity contribution in [2.24, 2.45) is 0 Å². The molecular formula is C14H16BrNO. The number of hydrogen-bond donors (Lipinski definition) is 0. The van der Waals surface area contributed by atoms with Gasteiger partial charge in [-0.25, -0.2) is 0 Å². The fourth-order valence-electron chi connectivity index (χ4n) is 3.20. The van der Waals surface area contributed by atoms with Gasteiger partial charge in [-0.1, -0.05) is 22.0 Å². The molecule has 2 aliphatic rings. The molecule has 3 rings (SSSR count). The summed E-state index contributed by atoms with van der Waals surface area (Å²) in [6, 6.07) is 6.21. The second-order valence-electron chi connectivity index (χ2n) is 5.37. The Labute approximate surface area is 110 Å². The minimum Gasteiger partial charge on any atom is -0.306 e. The van der Waals surface area contributed by atoms with E-state index in [4.69, 9.17) is 0 Å². The number of likely N-dealkylation sites (tertiary alicyclic amines) is 1. The Bertz CT molecular complexity index is 475. The molecule has 0 unspecified atom stereocenters. The number of carbonyl (C=O) groups excluding carboxylic acids is 1. The molecule has 1 heterocycles. The topological polar surface area (TPSA) is 20.3 Å². The zero-order valence-electron chi connectivity index (χ0n) is 10.0. The van der Waals surface area contributed by atoms with Gasteiger partial charge in [0.05, 0.1) is 0 Å². The van der Waals surface area contributed by atoms with Gasteiger partial charge in [0.2, 0.25) is 0 Å². The van der Waals surface area contributed by atoms with E-state index in [1.165, 1.54) is 5.56 Å². The van der Waals surface area contributed by atoms with Gasteiger partial charge in [-0.3, -0.25) is 4.79 Å². The Hall–Kier alpha value is -0.670. The molecule has 17 heavy (non-hydrogen) atoms. The van der Waals surface area contributed by atoms with E-state index in [-0.39, 0.29) is 5.41 Å². The van der Waals surface area contributed by atoms with Crippen LogP contribution in [-0.4, -0.2) is 30.8 Å². The van der Waals surface area contributed by atoms with Crippen molar-refractivity contribution >= 4 is 21.7 Å². The summed E-state index contributed by atoms with van der Waals surface area (Å²) >= 11 is 3.45. The normalized spacial score (nSPS) is 23.1. The molecule has 90 valence electrons. The van der Waals surface area contributed by atoms with Crippen LogP contribution >= 0.6 is 15.9 Å². The molecule has 1 aliphatic heterocycles. The third-order valence-corrected chi connectivity index (χ3v) is 4.79. The van der Waals surface area contributed by atoms with Crippen molar-refractivity contribution in [2.45, 2.75) is 24.7 Å². The average Bonchev–Trinajstić information content (AvgIpc) is 2.57. The van der Waals surface area contributed by atoms with Gasteiger partial charge in [0.1, 0.15) is 0 Å². The van der Waals surface area contributed by atoms with E-state index < -0.39 is 0 Å². The summed E-state index contributed by atoms with van der Waals surface area (Å²) in [5.41, 5.74) is 2.38. The number of piperidine rings is 1. The maximum absolute atomic E-state index is 12.1. The molecule has 3 heteroatoms. The molecule has 0 radical (unpaired) electrons. The molecule has 0 bridgehead atoms. The highest BCUT2D eigenvalue weighted by atomic mass is 79.9. The largest absolute Gasteiger partial charge is 0.306 e. The van der Waals surface area contributed by atoms with Crippen molar-refractivity contribution in [2.75, 3.05) is 20.1 Å². The van der Waals surface area contributed by atoms with Crippen molar-refractivity contribution in [3.8, 4) is 0 Å². The Balaban J connectivity index is 2.04. The SMILES string of the molecule is CN1CCC2(CC1)CC(=O)c1cc(Br)ccc12. The zero-order chi connectivity index (χ0) is 12.0. The van der Waals surface area contributed by atoms with Gasteiger partial charge in [0.25, 0.3) is 0 Å². The van der Waals surface area contributed by atoms with Crippen molar-refractivity contribution in [3.05, 3.63) is 33.8 Å². The van der Waals surface area contributed by atoms with Crippen molar-refractivity contribution in [3.63, 3.8) is 0 Å². The maximum Gasteiger partial charge on any atom is 0.164 e. The van der Waals surface area contributed by atoms with Crippen LogP contribution in [0.2, 0.25) is 0 Å². The van der Waals surface area contributed by atoms with E-state index in [2.05, 4.69) is 40.0 Å². The van der Waals surface area contributed by atoms with Crippen LogP contribution in [0.3, 0.4) is 0 Å². The number of nitrogens with zero attached hydrogens (tertiary/aromatic N) is 1. The quantitative estimate of drug-likeness (QED) is 0.733. The standard InChI is InChI=1S/C14H16BrNO/c1-16-6-4-14(5-7-16)9-13(17)11-8-10(15)2-3-12(11)14/h2-3,8H,4-7,9H2,1H3. The molecule has 1 saturated heterocycles. The first kappa shape index (κ1) is 11.4. The van der Waals surface area contributed by atoms with Gasteiger partial charge in [-0.2, -0.15) is 0 Å². The lowest BCUT2D eigenvalue weighted by atomic mass is 9.74. The molecule has 1 aromatic rings. The predicted molar refractivity (Wildman–Crippen MR) is 71.5 cm³/mol. The third kappa shape index (κ3) is 1.76. The summed E-state index contributed by atoms with van der Waals surface area (Å²) in [4.78, 5) is 14.5. The average molecular weight is 294 g/mol. The Morgan fingerprint density at radius 2 is 2.00 bits per heavy atom. The lowest BCUT2D eigenvalue weighted by Gasteiger charge is -2.38. The molecular weight excluding hydrogens is 278 g/mol. The van der Waals surface area contributed by atoms with Gasteiger partial charge in [0, 0.05) is 21.9 Å². The molecule has 2 nitrogen and oxygen atoms in total. The summed E-state index contributed by atoms with van der Waals surface area (Å²) < 4.78 is 1.01. The summed E-state index contributed by atoms with van der Waals surface area (Å²) in [6.07, 6.45) is 2.94. The van der Waals surface area contributed by atoms with Crippen LogP contribution in [0.1, 0.15) is 35.2 Å². The minimum absolute atomic E-state index is 0.139. The number of halogens is 1. The van der Waals surface area contributed by atoms with Gasteiger partial charge >= 0.3 is 0 Å². The van der Waals surface area contributed by atoms with E-state index in [0.717, 1.165) is 36.0 Å². The summed E-state index contributed by atoms with van der Waals surface area (Å²) in [5, 5.41) is 0. The molecule has 1 fully saturated rings. The molecule has 0 N–H and O–H groups in total.